The smallest absolute Gasteiger partial charge is 0.228 e. The van der Waals surface area contributed by atoms with Gasteiger partial charge in [0.15, 0.2) is 0 Å². The van der Waals surface area contributed by atoms with Gasteiger partial charge in [0.25, 0.3) is 0 Å². The third kappa shape index (κ3) is 2.90. The second kappa shape index (κ2) is 5.58. The van der Waals surface area contributed by atoms with Gasteiger partial charge in [-0.15, -0.1) is 0 Å². The average Bonchev–Trinajstić information content (AvgIpc) is 2.94. The van der Waals surface area contributed by atoms with Crippen LogP contribution in [0, 0.1) is 6.92 Å². The highest BCUT2D eigenvalue weighted by atomic mass is 35.5. The molecule has 3 rings (SSSR count). The van der Waals surface area contributed by atoms with Crippen LogP contribution in [0.5, 0.6) is 0 Å². The van der Waals surface area contributed by atoms with Crippen molar-refractivity contribution in [3.05, 3.63) is 65.1 Å². The standard InChI is InChI=1S/C16H14ClN3O/c1-11-14(6-7-15-18-8-9-20(11)15)19-16(21)10-12-2-4-13(17)5-3-12/h2-9H,10H2,1H3,(H,19,21). The van der Waals surface area contributed by atoms with Crippen molar-refractivity contribution in [3.8, 4) is 0 Å². The number of aryl methyl sites for hydroxylation is 1. The van der Waals surface area contributed by atoms with E-state index in [4.69, 9.17) is 11.6 Å². The molecule has 0 bridgehead atoms. The van der Waals surface area contributed by atoms with Crippen LogP contribution in [0.2, 0.25) is 5.02 Å². The molecule has 3 aromatic rings. The molecule has 0 saturated heterocycles. The fraction of sp³-hybridized carbons (Fsp3) is 0.125. The van der Waals surface area contributed by atoms with Gasteiger partial charge in [0.05, 0.1) is 12.1 Å². The topological polar surface area (TPSA) is 46.4 Å². The SMILES string of the molecule is Cc1c(NC(=O)Cc2ccc(Cl)cc2)ccc2nccn12. The van der Waals surface area contributed by atoms with Crippen LogP contribution >= 0.6 is 11.6 Å². The van der Waals surface area contributed by atoms with Crippen LogP contribution in [-0.4, -0.2) is 15.3 Å². The summed E-state index contributed by atoms with van der Waals surface area (Å²) in [6.07, 6.45) is 3.93. The molecule has 5 heteroatoms. The molecular formula is C16H14ClN3O. The summed E-state index contributed by atoms with van der Waals surface area (Å²) >= 11 is 5.83. The Morgan fingerprint density at radius 3 is 2.76 bits per heavy atom. The highest BCUT2D eigenvalue weighted by Crippen LogP contribution is 2.17. The molecule has 1 N–H and O–H groups in total. The number of halogens is 1. The molecule has 2 aromatic heterocycles. The summed E-state index contributed by atoms with van der Waals surface area (Å²) in [7, 11) is 0. The van der Waals surface area contributed by atoms with Crippen LogP contribution in [0.4, 0.5) is 5.69 Å². The molecule has 1 amide bonds. The van der Waals surface area contributed by atoms with Gasteiger partial charge in [0.1, 0.15) is 5.65 Å². The fourth-order valence-corrected chi connectivity index (χ4v) is 2.37. The van der Waals surface area contributed by atoms with Crippen molar-refractivity contribution in [2.24, 2.45) is 0 Å². The Labute approximate surface area is 127 Å². The lowest BCUT2D eigenvalue weighted by Gasteiger charge is -2.10. The third-order valence-corrected chi connectivity index (χ3v) is 3.62. The Bertz CT molecular complexity index is 793. The van der Waals surface area contributed by atoms with Gasteiger partial charge in [0.2, 0.25) is 5.91 Å². The molecule has 0 spiro atoms. The minimum atomic E-state index is -0.0557. The molecule has 1 aromatic carbocycles. The third-order valence-electron chi connectivity index (χ3n) is 3.37. The number of rotatable bonds is 3. The maximum absolute atomic E-state index is 12.1. The van der Waals surface area contributed by atoms with Crippen molar-refractivity contribution >= 4 is 28.8 Å². The Balaban J connectivity index is 1.76. The van der Waals surface area contributed by atoms with Gasteiger partial charge in [0, 0.05) is 23.1 Å². The lowest BCUT2D eigenvalue weighted by Crippen LogP contribution is -2.15. The second-order valence-electron chi connectivity index (χ2n) is 4.84. The number of hydrogen-bond acceptors (Lipinski definition) is 2. The quantitative estimate of drug-likeness (QED) is 0.805. The van der Waals surface area contributed by atoms with Crippen LogP contribution in [0.15, 0.2) is 48.8 Å². The maximum Gasteiger partial charge on any atom is 0.228 e. The van der Waals surface area contributed by atoms with E-state index in [-0.39, 0.29) is 5.91 Å². The molecule has 106 valence electrons. The van der Waals surface area contributed by atoms with Crippen LogP contribution in [-0.2, 0) is 11.2 Å². The molecule has 0 saturated carbocycles. The number of carbonyl (C=O) groups is 1. The number of benzene rings is 1. The number of pyridine rings is 1. The molecule has 0 aliphatic carbocycles. The Morgan fingerprint density at radius 1 is 1.24 bits per heavy atom. The number of carbonyl (C=O) groups excluding carboxylic acids is 1. The lowest BCUT2D eigenvalue weighted by atomic mass is 10.1. The Morgan fingerprint density at radius 2 is 2.00 bits per heavy atom. The van der Waals surface area contributed by atoms with Crippen molar-refractivity contribution in [2.75, 3.05) is 5.32 Å². The lowest BCUT2D eigenvalue weighted by molar-refractivity contribution is -0.115. The van der Waals surface area contributed by atoms with E-state index in [0.29, 0.717) is 11.4 Å². The second-order valence-corrected chi connectivity index (χ2v) is 5.28. The molecule has 4 nitrogen and oxygen atoms in total. The summed E-state index contributed by atoms with van der Waals surface area (Å²) in [5.41, 5.74) is 3.54. The molecular weight excluding hydrogens is 286 g/mol. The summed E-state index contributed by atoms with van der Waals surface area (Å²) in [6, 6.07) is 11.0. The number of anilines is 1. The predicted octanol–water partition coefficient (Wildman–Crippen LogP) is 3.48. The first-order chi connectivity index (χ1) is 10.1. The average molecular weight is 300 g/mol. The molecule has 0 aliphatic heterocycles. The van der Waals surface area contributed by atoms with Gasteiger partial charge in [-0.1, -0.05) is 23.7 Å². The monoisotopic (exact) mass is 299 g/mol. The van der Waals surface area contributed by atoms with Crippen LogP contribution < -0.4 is 5.32 Å². The van der Waals surface area contributed by atoms with E-state index >= 15 is 0 Å². The fourth-order valence-electron chi connectivity index (χ4n) is 2.24. The molecule has 2 heterocycles. The number of aromatic nitrogens is 2. The molecule has 0 atom stereocenters. The number of fused-ring (bicyclic) bond motifs is 1. The zero-order valence-electron chi connectivity index (χ0n) is 11.5. The largest absolute Gasteiger partial charge is 0.324 e. The highest BCUT2D eigenvalue weighted by Gasteiger charge is 2.08. The van der Waals surface area contributed by atoms with E-state index in [1.165, 1.54) is 0 Å². The Kier molecular flexibility index (Phi) is 3.62. The number of nitrogens with zero attached hydrogens (tertiary/aromatic N) is 2. The van der Waals surface area contributed by atoms with E-state index < -0.39 is 0 Å². The van der Waals surface area contributed by atoms with Gasteiger partial charge in [-0.3, -0.25) is 4.79 Å². The molecule has 0 radical (unpaired) electrons. The summed E-state index contributed by atoms with van der Waals surface area (Å²) in [5.74, 6) is -0.0557. The van der Waals surface area contributed by atoms with E-state index in [9.17, 15) is 4.79 Å². The summed E-state index contributed by atoms with van der Waals surface area (Å²) in [6.45, 7) is 1.95. The first kappa shape index (κ1) is 13.6. The van der Waals surface area contributed by atoms with Crippen molar-refractivity contribution in [1.29, 1.82) is 0 Å². The highest BCUT2D eigenvalue weighted by molar-refractivity contribution is 6.30. The van der Waals surface area contributed by atoms with Crippen LogP contribution in [0.25, 0.3) is 5.65 Å². The van der Waals surface area contributed by atoms with Crippen LogP contribution in [0.3, 0.4) is 0 Å². The van der Waals surface area contributed by atoms with E-state index in [1.54, 1.807) is 18.3 Å². The van der Waals surface area contributed by atoms with Gasteiger partial charge in [-0.25, -0.2) is 4.98 Å². The zero-order valence-corrected chi connectivity index (χ0v) is 12.3. The zero-order chi connectivity index (χ0) is 14.8. The van der Waals surface area contributed by atoms with E-state index in [0.717, 1.165) is 22.6 Å². The molecule has 21 heavy (non-hydrogen) atoms. The molecule has 0 aliphatic rings. The minimum Gasteiger partial charge on any atom is -0.324 e. The minimum absolute atomic E-state index is 0.0557. The molecule has 0 fully saturated rings. The number of hydrogen-bond donors (Lipinski definition) is 1. The van der Waals surface area contributed by atoms with Gasteiger partial charge < -0.3 is 9.72 Å². The normalized spacial score (nSPS) is 10.8. The van der Waals surface area contributed by atoms with Crippen LogP contribution in [0.1, 0.15) is 11.3 Å². The summed E-state index contributed by atoms with van der Waals surface area (Å²) < 4.78 is 1.94. The van der Waals surface area contributed by atoms with Crippen molar-refractivity contribution in [2.45, 2.75) is 13.3 Å². The first-order valence-electron chi connectivity index (χ1n) is 6.60. The first-order valence-corrected chi connectivity index (χ1v) is 6.98. The van der Waals surface area contributed by atoms with E-state index in [2.05, 4.69) is 10.3 Å². The summed E-state index contributed by atoms with van der Waals surface area (Å²) in [5, 5.41) is 3.60. The van der Waals surface area contributed by atoms with Crippen molar-refractivity contribution < 1.29 is 4.79 Å². The van der Waals surface area contributed by atoms with Gasteiger partial charge in [-0.2, -0.15) is 0 Å². The van der Waals surface area contributed by atoms with Gasteiger partial charge in [-0.05, 0) is 36.8 Å². The van der Waals surface area contributed by atoms with Crippen molar-refractivity contribution in [1.82, 2.24) is 9.38 Å². The number of nitrogens with one attached hydrogen (secondary N) is 1. The number of imidazole rings is 1. The maximum atomic E-state index is 12.1. The summed E-state index contributed by atoms with van der Waals surface area (Å²) in [4.78, 5) is 16.3. The van der Waals surface area contributed by atoms with Gasteiger partial charge >= 0.3 is 0 Å². The Hall–Kier alpha value is -2.33. The predicted molar refractivity (Wildman–Crippen MR) is 83.7 cm³/mol. The molecule has 0 unspecified atom stereocenters. The van der Waals surface area contributed by atoms with E-state index in [1.807, 2.05) is 41.8 Å². The van der Waals surface area contributed by atoms with Crippen molar-refractivity contribution in [3.63, 3.8) is 0 Å². The number of amides is 1.